The third-order valence-electron chi connectivity index (χ3n) is 6.34. The summed E-state index contributed by atoms with van der Waals surface area (Å²) in [6.07, 6.45) is 3.38. The summed E-state index contributed by atoms with van der Waals surface area (Å²) in [6, 6.07) is 21.1. The summed E-state index contributed by atoms with van der Waals surface area (Å²) >= 11 is -0.942. The predicted octanol–water partition coefficient (Wildman–Crippen LogP) is 2.83. The maximum Gasteiger partial charge on any atom is 0.303 e. The molecule has 3 unspecified atom stereocenters. The van der Waals surface area contributed by atoms with Gasteiger partial charge in [0, 0.05) is 25.9 Å². The second-order valence-electron chi connectivity index (χ2n) is 8.33. The third-order valence-corrected chi connectivity index (χ3v) is 8.44. The molecule has 2 aliphatic heterocycles. The predicted molar refractivity (Wildman–Crippen MR) is 120 cm³/mol. The van der Waals surface area contributed by atoms with Gasteiger partial charge in [-0.2, -0.15) is 0 Å². The Morgan fingerprint density at radius 1 is 1.00 bits per heavy atom. The zero-order valence-electron chi connectivity index (χ0n) is 17.2. The van der Waals surface area contributed by atoms with E-state index in [1.165, 1.54) is 11.1 Å². The molecule has 4 rings (SSSR count). The molecule has 0 bridgehead atoms. The van der Waals surface area contributed by atoms with E-state index in [-0.39, 0.29) is 29.0 Å². The summed E-state index contributed by atoms with van der Waals surface area (Å²) in [7, 11) is 0. The van der Waals surface area contributed by atoms with Crippen molar-refractivity contribution in [2.75, 3.05) is 13.2 Å². The van der Waals surface area contributed by atoms with E-state index in [1.807, 2.05) is 36.4 Å². The number of fused-ring (bicyclic) bond motifs is 1. The second kappa shape index (κ2) is 9.96. The van der Waals surface area contributed by atoms with Crippen molar-refractivity contribution >= 4 is 17.1 Å². The fraction of sp³-hybridized carbons (Fsp3) is 0.458. The van der Waals surface area contributed by atoms with Crippen molar-refractivity contribution in [3.63, 3.8) is 0 Å². The number of carboxylic acid groups (broad SMARTS) is 1. The zero-order valence-corrected chi connectivity index (χ0v) is 18.0. The van der Waals surface area contributed by atoms with E-state index in [1.54, 1.807) is 0 Å². The molecule has 5 atom stereocenters. The Bertz CT molecular complexity index is 820. The number of hydrogen-bond donors (Lipinski definition) is 2. The molecule has 2 saturated heterocycles. The first-order valence-corrected chi connectivity index (χ1v) is 12.1. The van der Waals surface area contributed by atoms with Crippen LogP contribution in [0.25, 0.3) is 0 Å². The maximum absolute atomic E-state index is 13.7. The highest BCUT2D eigenvalue weighted by Gasteiger charge is 2.58. The topological polar surface area (TPSA) is 75.6 Å². The Balaban J connectivity index is 1.50. The number of carboxylic acids is 1. The molecule has 0 saturated carbocycles. The van der Waals surface area contributed by atoms with Crippen LogP contribution in [0.1, 0.15) is 30.4 Å². The number of nitrogens with one attached hydrogen (secondary N) is 1. The van der Waals surface area contributed by atoms with Gasteiger partial charge in [-0.1, -0.05) is 60.7 Å². The second-order valence-corrected chi connectivity index (χ2v) is 10.2. The molecule has 0 radical (unpaired) electrons. The van der Waals surface area contributed by atoms with Gasteiger partial charge in [-0.25, -0.2) is 0 Å². The molecule has 2 N–H and O–H groups in total. The van der Waals surface area contributed by atoms with Gasteiger partial charge in [0.25, 0.3) is 0 Å². The van der Waals surface area contributed by atoms with Gasteiger partial charge >= 0.3 is 5.97 Å². The Labute approximate surface area is 181 Å². The Morgan fingerprint density at radius 3 is 2.20 bits per heavy atom. The molecule has 2 aromatic rings. The quantitative estimate of drug-likeness (QED) is 0.476. The van der Waals surface area contributed by atoms with Crippen LogP contribution >= 0.6 is 0 Å². The Morgan fingerprint density at radius 2 is 1.60 bits per heavy atom. The number of unbranched alkanes of at least 4 members (excludes halogenated alkanes) is 1. The van der Waals surface area contributed by atoms with Gasteiger partial charge < -0.3 is 9.66 Å². The average molecular weight is 427 g/mol. The average Bonchev–Trinajstić information content (AvgIpc) is 3.27. The first-order valence-electron chi connectivity index (χ1n) is 10.8. The number of aliphatic carboxylic acids is 1. The summed E-state index contributed by atoms with van der Waals surface area (Å²) in [5, 5.41) is 12.7. The zero-order chi connectivity index (χ0) is 20.9. The highest BCUT2D eigenvalue weighted by atomic mass is 32.2. The van der Waals surface area contributed by atoms with Crippen LogP contribution in [0, 0.1) is 0 Å². The van der Waals surface area contributed by atoms with Crippen molar-refractivity contribution < 1.29 is 14.5 Å². The van der Waals surface area contributed by atoms with Crippen molar-refractivity contribution in [1.29, 1.82) is 0 Å². The van der Waals surface area contributed by atoms with E-state index in [0.717, 1.165) is 32.5 Å². The maximum atomic E-state index is 13.7. The van der Waals surface area contributed by atoms with Crippen LogP contribution in [0.4, 0.5) is 0 Å². The van der Waals surface area contributed by atoms with Gasteiger partial charge in [0.2, 0.25) is 0 Å². The van der Waals surface area contributed by atoms with Crippen molar-refractivity contribution in [1.82, 2.24) is 10.2 Å². The van der Waals surface area contributed by atoms with Gasteiger partial charge in [0.05, 0.1) is 12.1 Å². The molecule has 0 amide bonds. The number of nitrogens with zero attached hydrogens (tertiary/aromatic N) is 1. The first kappa shape index (κ1) is 21.4. The van der Waals surface area contributed by atoms with Crippen LogP contribution in [-0.2, 0) is 28.8 Å². The monoisotopic (exact) mass is 426 g/mol. The molecule has 2 fully saturated rings. The fourth-order valence-electron chi connectivity index (χ4n) is 4.92. The molecule has 160 valence electrons. The van der Waals surface area contributed by atoms with E-state index in [0.29, 0.717) is 6.42 Å². The van der Waals surface area contributed by atoms with Crippen LogP contribution in [0.5, 0.6) is 0 Å². The summed E-state index contributed by atoms with van der Waals surface area (Å²) in [4.78, 5) is 13.2. The van der Waals surface area contributed by atoms with Crippen LogP contribution in [0.15, 0.2) is 60.7 Å². The highest BCUT2D eigenvalue weighted by Crippen LogP contribution is 2.38. The molecule has 0 aliphatic carbocycles. The van der Waals surface area contributed by atoms with Crippen LogP contribution < -0.4 is 5.32 Å². The number of benzene rings is 2. The van der Waals surface area contributed by atoms with Crippen LogP contribution in [0.3, 0.4) is 0 Å². The minimum absolute atomic E-state index is 0.0839. The molecule has 2 aliphatic rings. The van der Waals surface area contributed by atoms with Gasteiger partial charge in [-0.05, 0) is 41.7 Å². The third kappa shape index (κ3) is 4.89. The fourth-order valence-corrected chi connectivity index (χ4v) is 7.25. The number of hydrogen-bond acceptors (Lipinski definition) is 4. The van der Waals surface area contributed by atoms with Gasteiger partial charge in [0.1, 0.15) is 10.5 Å². The van der Waals surface area contributed by atoms with Gasteiger partial charge in [-0.3, -0.25) is 15.0 Å². The van der Waals surface area contributed by atoms with Gasteiger partial charge in [-0.15, -0.1) is 0 Å². The molecular weight excluding hydrogens is 396 g/mol. The number of carbonyl (C=O) groups is 1. The minimum atomic E-state index is -0.942. The van der Waals surface area contributed by atoms with E-state index in [2.05, 4.69) is 34.5 Å². The van der Waals surface area contributed by atoms with Crippen LogP contribution in [-0.4, -0.2) is 56.3 Å². The van der Waals surface area contributed by atoms with Crippen molar-refractivity contribution in [2.45, 2.75) is 54.7 Å². The lowest BCUT2D eigenvalue weighted by Gasteiger charge is -2.27. The lowest BCUT2D eigenvalue weighted by atomic mass is 9.95. The van der Waals surface area contributed by atoms with Crippen molar-refractivity contribution in [3.8, 4) is 0 Å². The van der Waals surface area contributed by atoms with Crippen LogP contribution in [0.2, 0.25) is 0 Å². The molecule has 0 aromatic heterocycles. The normalized spacial score (nSPS) is 28.5. The summed E-state index contributed by atoms with van der Waals surface area (Å²) in [5.74, 6) is -0.737. The van der Waals surface area contributed by atoms with Crippen molar-refractivity contribution in [3.05, 3.63) is 71.8 Å². The lowest BCUT2D eigenvalue weighted by molar-refractivity contribution is -0.137. The molecule has 5 nitrogen and oxygen atoms in total. The Hall–Kier alpha value is -1.86. The molecule has 30 heavy (non-hydrogen) atoms. The van der Waals surface area contributed by atoms with Gasteiger partial charge in [0.15, 0.2) is 0 Å². The van der Waals surface area contributed by atoms with E-state index < -0.39 is 17.1 Å². The van der Waals surface area contributed by atoms with Crippen molar-refractivity contribution in [2.24, 2.45) is 0 Å². The van der Waals surface area contributed by atoms with E-state index >= 15 is 0 Å². The SMILES string of the molecule is O=C(O)CCCCN1CN[C@@H]2C(Cc3ccccc3)[S+]([O-])C(Cc3ccccc3)[C@@H]21. The van der Waals surface area contributed by atoms with E-state index in [4.69, 9.17) is 5.11 Å². The largest absolute Gasteiger partial charge is 0.616 e. The smallest absolute Gasteiger partial charge is 0.303 e. The summed E-state index contributed by atoms with van der Waals surface area (Å²) in [6.45, 7) is 1.64. The van der Waals surface area contributed by atoms with E-state index in [9.17, 15) is 9.35 Å². The number of rotatable bonds is 9. The molecule has 0 spiro atoms. The molecular formula is C24H30N2O3S. The first-order chi connectivity index (χ1) is 14.6. The lowest BCUT2D eigenvalue weighted by Crippen LogP contribution is -2.43. The molecule has 6 heteroatoms. The summed E-state index contributed by atoms with van der Waals surface area (Å²) < 4.78 is 13.7. The minimum Gasteiger partial charge on any atom is -0.616 e. The molecule has 2 heterocycles. The summed E-state index contributed by atoms with van der Waals surface area (Å²) in [5.41, 5.74) is 2.46. The highest BCUT2D eigenvalue weighted by molar-refractivity contribution is 7.93. The molecule has 2 aromatic carbocycles. The standard InChI is InChI=1S/C24H30N2O3S/c27-22(28)13-7-8-14-26-17-25-23-20(15-18-9-3-1-4-10-18)30(29)21(24(23)26)16-19-11-5-2-6-12-19/h1-6,9-12,20-21,23-25H,7-8,13-17H2,(H,27,28)/t20?,21?,23-,24+,30?/m1/s1. The Kier molecular flexibility index (Phi) is 7.10.